The fourth-order valence-electron chi connectivity index (χ4n) is 3.29. The second kappa shape index (κ2) is 7.22. The van der Waals surface area contributed by atoms with Gasteiger partial charge in [-0.15, -0.1) is 0 Å². The molecule has 0 radical (unpaired) electrons. The van der Waals surface area contributed by atoms with Gasteiger partial charge in [0.25, 0.3) is 0 Å². The van der Waals surface area contributed by atoms with Crippen LogP contribution in [0.5, 0.6) is 0 Å². The normalized spacial score (nSPS) is 36.8. The summed E-state index contributed by atoms with van der Waals surface area (Å²) >= 11 is 7.89. The van der Waals surface area contributed by atoms with Crippen LogP contribution in [0.2, 0.25) is 0 Å². The van der Waals surface area contributed by atoms with Crippen LogP contribution in [0.25, 0.3) is 0 Å². The van der Waals surface area contributed by atoms with Gasteiger partial charge in [0, 0.05) is 0 Å². The van der Waals surface area contributed by atoms with Gasteiger partial charge in [-0.05, 0) is 0 Å². The average Bonchev–Trinajstić information content (AvgIpc) is 2.21. The number of hydrogen-bond acceptors (Lipinski definition) is 0. The molecule has 0 aromatic rings. The van der Waals surface area contributed by atoms with Crippen molar-refractivity contribution >= 4 is 57.6 Å². The molecule has 1 saturated heterocycles. The first-order chi connectivity index (χ1) is 10.2. The summed E-state index contributed by atoms with van der Waals surface area (Å²) in [5, 5.41) is 1.75. The summed E-state index contributed by atoms with van der Waals surface area (Å²) in [4.78, 5) is 0. The SMILES string of the molecule is CC(C)(C)P1CP(C(C)(C)C)[P+]([Se-])(C(C)(C)C)C[P+]1([Se-])C(C)(C)C. The van der Waals surface area contributed by atoms with Gasteiger partial charge in [0.05, 0.1) is 0 Å². The van der Waals surface area contributed by atoms with Crippen molar-refractivity contribution in [3.05, 3.63) is 0 Å². The van der Waals surface area contributed by atoms with Crippen LogP contribution in [0, 0.1) is 0 Å². The quantitative estimate of drug-likeness (QED) is 0.216. The molecule has 0 N–H and O–H groups in total. The Morgan fingerprint density at radius 2 is 0.833 bits per heavy atom. The van der Waals surface area contributed by atoms with Crippen molar-refractivity contribution in [2.24, 2.45) is 0 Å². The van der Waals surface area contributed by atoms with E-state index in [-0.39, 0.29) is 15.2 Å². The molecule has 0 aromatic carbocycles. The van der Waals surface area contributed by atoms with Gasteiger partial charge in [0.1, 0.15) is 0 Å². The Labute approximate surface area is 172 Å². The van der Waals surface area contributed by atoms with Gasteiger partial charge in [-0.1, -0.05) is 0 Å². The maximum absolute atomic E-state index is 3.95. The van der Waals surface area contributed by atoms with Crippen LogP contribution in [0.15, 0.2) is 0 Å². The minimum absolute atomic E-state index is 0.0366. The number of rotatable bonds is 0. The van der Waals surface area contributed by atoms with Gasteiger partial charge >= 0.3 is 173 Å². The van der Waals surface area contributed by atoms with Crippen LogP contribution >= 0.6 is 26.5 Å². The summed E-state index contributed by atoms with van der Waals surface area (Å²) in [6.07, 6.45) is 0. The van der Waals surface area contributed by atoms with E-state index in [4.69, 9.17) is 0 Å². The Bertz CT molecular complexity index is 425. The predicted molar refractivity (Wildman–Crippen MR) is 128 cm³/mol. The summed E-state index contributed by atoms with van der Waals surface area (Å²) in [6.45, 7) is 30.3. The van der Waals surface area contributed by atoms with Crippen LogP contribution in [0.4, 0.5) is 0 Å². The first-order valence-corrected chi connectivity index (χ1v) is 21.8. The van der Waals surface area contributed by atoms with Crippen LogP contribution in [-0.2, 0) is 0 Å². The molecule has 144 valence electrons. The van der Waals surface area contributed by atoms with E-state index in [0.29, 0.717) is 20.6 Å². The Morgan fingerprint density at radius 1 is 0.583 bits per heavy atom. The van der Waals surface area contributed by atoms with E-state index in [0.717, 1.165) is 0 Å². The number of hydrogen-bond donors (Lipinski definition) is 0. The zero-order valence-electron chi connectivity index (χ0n) is 18.0. The van der Waals surface area contributed by atoms with Crippen LogP contribution in [0.1, 0.15) is 83.1 Å². The molecule has 1 rings (SSSR count). The standard InChI is InChI=1S/C18H40P4Se2/c1-15(2,3)19-13-20(16(4,5)6)22(24,18(10,11)12)14-21(19,23)17(7,8)9/h13-14H2,1-12H3. The average molecular weight is 538 g/mol. The van der Waals surface area contributed by atoms with Gasteiger partial charge in [-0.25, -0.2) is 0 Å². The molecule has 4 atom stereocenters. The van der Waals surface area contributed by atoms with E-state index in [1.165, 1.54) is 11.8 Å². The van der Waals surface area contributed by atoms with Crippen molar-refractivity contribution < 1.29 is 0 Å². The van der Waals surface area contributed by atoms with E-state index in [2.05, 4.69) is 114 Å². The van der Waals surface area contributed by atoms with Gasteiger partial charge in [-0.2, -0.15) is 0 Å². The predicted octanol–water partition coefficient (Wildman–Crippen LogP) is 8.11. The molecule has 1 aliphatic heterocycles. The second-order valence-electron chi connectivity index (χ2n) is 11.2. The fourth-order valence-corrected chi connectivity index (χ4v) is 71.9. The van der Waals surface area contributed by atoms with E-state index < -0.39 is 11.3 Å². The monoisotopic (exact) mass is 540 g/mol. The van der Waals surface area contributed by atoms with E-state index in [9.17, 15) is 0 Å². The zero-order chi connectivity index (χ0) is 19.6. The summed E-state index contributed by atoms with van der Waals surface area (Å²) in [6, 6.07) is 0. The first kappa shape index (κ1) is 24.8. The molecule has 0 bridgehead atoms. The second-order valence-corrected chi connectivity index (χ2v) is 41.7. The van der Waals surface area contributed by atoms with Crippen molar-refractivity contribution in [3.63, 3.8) is 0 Å². The van der Waals surface area contributed by atoms with E-state index in [1.54, 1.807) is 0 Å². The van der Waals surface area contributed by atoms with E-state index in [1.807, 2.05) is 0 Å². The van der Waals surface area contributed by atoms with Crippen molar-refractivity contribution in [1.29, 1.82) is 0 Å². The summed E-state index contributed by atoms with van der Waals surface area (Å²) < 4.78 is 0. The van der Waals surface area contributed by atoms with Crippen molar-refractivity contribution in [3.8, 4) is 0 Å². The minimum atomic E-state index is -1.13. The van der Waals surface area contributed by atoms with Crippen molar-refractivity contribution in [2.45, 2.75) is 104 Å². The molecule has 24 heavy (non-hydrogen) atoms. The third-order valence-electron chi connectivity index (χ3n) is 5.08. The van der Waals surface area contributed by atoms with Crippen LogP contribution in [0.3, 0.4) is 0 Å². The third-order valence-corrected chi connectivity index (χ3v) is 54.3. The maximum atomic E-state index is 3.95. The molecule has 1 heterocycles. The Kier molecular flexibility index (Phi) is 7.46. The summed E-state index contributed by atoms with van der Waals surface area (Å²) in [5.74, 6) is 3.02. The molecule has 0 amide bonds. The third kappa shape index (κ3) is 4.66. The van der Waals surface area contributed by atoms with Gasteiger partial charge in [-0.3, -0.25) is 0 Å². The molecular formula is C18H40P4Se2. The molecule has 0 saturated carbocycles. The molecular weight excluding hydrogens is 498 g/mol. The Hall–Kier alpha value is 2.76. The Morgan fingerprint density at radius 3 is 1.00 bits per heavy atom. The molecule has 6 heteroatoms. The van der Waals surface area contributed by atoms with E-state index >= 15 is 0 Å². The van der Waals surface area contributed by atoms with Crippen LogP contribution < -0.4 is 0 Å². The molecule has 0 aliphatic carbocycles. The van der Waals surface area contributed by atoms with Gasteiger partial charge in [0.2, 0.25) is 0 Å². The molecule has 0 aromatic heterocycles. The van der Waals surface area contributed by atoms with Gasteiger partial charge < -0.3 is 0 Å². The molecule has 0 spiro atoms. The molecule has 4 unspecified atom stereocenters. The summed E-state index contributed by atoms with van der Waals surface area (Å²) in [7, 11) is 0.0732. The fraction of sp³-hybridized carbons (Fsp3) is 1.00. The molecule has 0 nitrogen and oxygen atoms in total. The molecule has 1 aliphatic rings. The first-order valence-electron chi connectivity index (χ1n) is 8.92. The summed E-state index contributed by atoms with van der Waals surface area (Å²) in [5.41, 5.74) is -2.26. The van der Waals surface area contributed by atoms with Crippen molar-refractivity contribution in [1.82, 2.24) is 0 Å². The molecule has 1 fully saturated rings. The zero-order valence-corrected chi connectivity index (χ0v) is 25.0. The Balaban J connectivity index is 3.62. The van der Waals surface area contributed by atoms with Crippen LogP contribution in [-0.4, -0.2) is 63.6 Å². The van der Waals surface area contributed by atoms with Gasteiger partial charge in [0.15, 0.2) is 0 Å². The van der Waals surface area contributed by atoms with Crippen molar-refractivity contribution in [2.75, 3.05) is 11.8 Å². The topological polar surface area (TPSA) is 0 Å².